The summed E-state index contributed by atoms with van der Waals surface area (Å²) in [6.45, 7) is 9.62. The summed E-state index contributed by atoms with van der Waals surface area (Å²) in [6, 6.07) is 7.27. The van der Waals surface area contributed by atoms with Gasteiger partial charge in [-0.25, -0.2) is 0 Å². The van der Waals surface area contributed by atoms with E-state index >= 15 is 0 Å². The summed E-state index contributed by atoms with van der Waals surface area (Å²) < 4.78 is 21.2. The molecule has 0 N–H and O–H groups in total. The Hall–Kier alpha value is -1.35. The fraction of sp³-hybridized carbons (Fsp3) is 0.516. The molecule has 1 saturated carbocycles. The first-order valence-corrected chi connectivity index (χ1v) is 21.5. The van der Waals surface area contributed by atoms with Crippen LogP contribution < -0.4 is 14.4 Å². The second kappa shape index (κ2) is 12.8. The Kier molecular flexibility index (Phi) is 9.03. The summed E-state index contributed by atoms with van der Waals surface area (Å²) in [7, 11) is 2.19. The predicted molar refractivity (Wildman–Crippen MR) is 183 cm³/mol. The Morgan fingerprint density at radius 1 is 1.05 bits per heavy atom. The quantitative estimate of drug-likeness (QED) is 0.125. The van der Waals surface area contributed by atoms with Crippen molar-refractivity contribution in [3.63, 3.8) is 0 Å². The maximum absolute atomic E-state index is 6.92. The van der Waals surface area contributed by atoms with Gasteiger partial charge in [0.2, 0.25) is 0 Å². The molecule has 2 unspecified atom stereocenters. The van der Waals surface area contributed by atoms with Gasteiger partial charge in [-0.05, 0) is 0 Å². The van der Waals surface area contributed by atoms with Gasteiger partial charge in [0.1, 0.15) is 0 Å². The van der Waals surface area contributed by atoms with Crippen LogP contribution in [0.4, 0.5) is 5.82 Å². The molecule has 2 atom stereocenters. The third-order valence-electron chi connectivity index (χ3n) is 8.78. The maximum atomic E-state index is 6.92. The number of ether oxygens (including phenoxy) is 3. The molecule has 225 valence electrons. The third-order valence-corrected chi connectivity index (χ3v) is 11.1. The Labute approximate surface area is 283 Å². The van der Waals surface area contributed by atoms with Gasteiger partial charge in [0.25, 0.3) is 0 Å². The van der Waals surface area contributed by atoms with Crippen molar-refractivity contribution in [2.45, 2.75) is 55.2 Å². The van der Waals surface area contributed by atoms with E-state index < -0.39 is 0 Å². The van der Waals surface area contributed by atoms with Crippen LogP contribution in [0.3, 0.4) is 0 Å². The fourth-order valence-electron chi connectivity index (χ4n) is 6.35. The van der Waals surface area contributed by atoms with Crippen molar-refractivity contribution >= 4 is 81.8 Å². The van der Waals surface area contributed by atoms with Gasteiger partial charge < -0.3 is 0 Å². The van der Waals surface area contributed by atoms with E-state index in [1.165, 1.54) is 40.5 Å². The molecule has 7 rings (SSSR count). The van der Waals surface area contributed by atoms with E-state index in [0.717, 1.165) is 92.8 Å². The number of aromatic nitrogens is 4. The van der Waals surface area contributed by atoms with E-state index in [4.69, 9.17) is 29.3 Å². The predicted octanol–water partition coefficient (Wildman–Crippen LogP) is 5.83. The molecule has 3 aliphatic rings. The van der Waals surface area contributed by atoms with Crippen LogP contribution in [0.15, 0.2) is 24.4 Å². The number of anilines is 1. The molecule has 12 heteroatoms. The number of fused-ring (bicyclic) bond motifs is 2. The average Bonchev–Trinajstić information content (AvgIpc) is 3.77. The van der Waals surface area contributed by atoms with Crippen molar-refractivity contribution in [2.24, 2.45) is 0 Å². The number of aryl methyl sites for hydroxylation is 1. The summed E-state index contributed by atoms with van der Waals surface area (Å²) in [6.07, 6.45) is 6.69. The van der Waals surface area contributed by atoms with Crippen molar-refractivity contribution in [1.82, 2.24) is 24.4 Å². The zero-order valence-corrected chi connectivity index (χ0v) is 31.9. The van der Waals surface area contributed by atoms with Crippen LogP contribution in [0.2, 0.25) is 0 Å². The molecule has 4 heterocycles. The Balaban J connectivity index is 1.51. The zero-order chi connectivity index (χ0) is 29.7. The number of hydrogen-bond donors (Lipinski definition) is 0. The van der Waals surface area contributed by atoms with Gasteiger partial charge in [0, 0.05) is 0 Å². The SMILES string of the molecule is Cc1ccc2c(cnn2PI)c1-c1c(C2CC2)cc2c(N3CCN(C)CC3)nc(OC3CCOCC3)nc2c1O[CH](C)[Pb]. The Bertz CT molecular complexity index is 1650. The monoisotopic (exact) mass is 907 g/mol. The zero-order valence-electron chi connectivity index (χ0n) is 24.9. The molecule has 2 saturated heterocycles. The van der Waals surface area contributed by atoms with Gasteiger partial charge in [0.15, 0.2) is 0 Å². The second-order valence-electron chi connectivity index (χ2n) is 12.0. The second-order valence-corrected chi connectivity index (χ2v) is 17.2. The molecule has 4 aromatic rings. The van der Waals surface area contributed by atoms with Gasteiger partial charge in [-0.2, -0.15) is 0 Å². The van der Waals surface area contributed by atoms with Crippen molar-refractivity contribution in [1.29, 1.82) is 0 Å². The Morgan fingerprint density at radius 2 is 1.81 bits per heavy atom. The van der Waals surface area contributed by atoms with Crippen LogP contribution in [-0.4, -0.2) is 106 Å². The topological polar surface area (TPSA) is 77.8 Å². The van der Waals surface area contributed by atoms with Crippen LogP contribution in [0.25, 0.3) is 32.9 Å². The normalized spacial score (nSPS) is 19.6. The molecule has 1 aliphatic carbocycles. The number of piperazine rings is 1. The summed E-state index contributed by atoms with van der Waals surface area (Å²) in [5, 5.41) is 7.01. The van der Waals surface area contributed by atoms with Gasteiger partial charge in [-0.1, -0.05) is 0 Å². The number of halogens is 1. The molecular formula is C31H37IN6O3PPb. The minimum atomic E-state index is 0.0505. The first kappa shape index (κ1) is 30.3. The van der Waals surface area contributed by atoms with Crippen LogP contribution >= 0.6 is 28.4 Å². The van der Waals surface area contributed by atoms with Crippen molar-refractivity contribution in [3.05, 3.63) is 35.5 Å². The number of nitrogens with zero attached hydrogens (tertiary/aromatic N) is 6. The number of benzene rings is 2. The molecule has 2 aliphatic heterocycles. The average molecular weight is 907 g/mol. The van der Waals surface area contributed by atoms with E-state index in [1.807, 2.05) is 6.20 Å². The van der Waals surface area contributed by atoms with E-state index in [-0.39, 0.29) is 9.77 Å². The molecular weight excluding hydrogens is 869 g/mol. The van der Waals surface area contributed by atoms with Gasteiger partial charge in [-0.15, -0.1) is 0 Å². The number of likely N-dealkylation sites (N-methyl/N-ethyl adjacent to an activating group) is 1. The summed E-state index contributed by atoms with van der Waals surface area (Å²) in [5.41, 5.74) is 6.98. The third kappa shape index (κ3) is 6.12. The summed E-state index contributed by atoms with van der Waals surface area (Å²) >= 11 is 3.31. The standard InChI is InChI=1S/C31H37IN6O3P.Pb/c1-4-40-29-27(26-19(2)5-8-25-24(26)18-33-38(25)42-32)22(20-6-7-20)17-23-28(29)34-31(41-21-9-15-39-16-10-21)35-30(23)37-13-11-36(3)12-14-37;/h4-5,8,17-18,20-21,42H,6-7,9-16H2,1-3H3;. The molecule has 0 amide bonds. The molecule has 3 fully saturated rings. The van der Waals surface area contributed by atoms with Crippen molar-refractivity contribution in [3.8, 4) is 22.9 Å². The molecule has 0 spiro atoms. The van der Waals surface area contributed by atoms with Gasteiger partial charge >= 0.3 is 285 Å². The van der Waals surface area contributed by atoms with Crippen LogP contribution in [-0.2, 0) is 4.74 Å². The van der Waals surface area contributed by atoms with Crippen molar-refractivity contribution in [2.75, 3.05) is 51.3 Å². The molecule has 43 heavy (non-hydrogen) atoms. The van der Waals surface area contributed by atoms with Crippen LogP contribution in [0, 0.1) is 6.92 Å². The van der Waals surface area contributed by atoms with Crippen LogP contribution in [0.1, 0.15) is 49.7 Å². The van der Waals surface area contributed by atoms with Crippen LogP contribution in [0.5, 0.6) is 11.8 Å². The van der Waals surface area contributed by atoms with E-state index in [9.17, 15) is 0 Å². The first-order valence-electron chi connectivity index (χ1n) is 15.2. The van der Waals surface area contributed by atoms with Crippen molar-refractivity contribution < 1.29 is 14.2 Å². The first-order chi connectivity index (χ1) is 20.9. The molecule has 3 radical (unpaired) electrons. The van der Waals surface area contributed by atoms with Gasteiger partial charge in [0.05, 0.1) is 0 Å². The van der Waals surface area contributed by atoms with E-state index in [0.29, 0.717) is 31.5 Å². The molecule has 2 aromatic heterocycles. The fourth-order valence-corrected chi connectivity index (χ4v) is 8.35. The number of rotatable bonds is 8. The Morgan fingerprint density at radius 3 is 2.51 bits per heavy atom. The van der Waals surface area contributed by atoms with E-state index in [2.05, 4.69) is 75.4 Å². The minimum absolute atomic E-state index is 0.0505. The summed E-state index contributed by atoms with van der Waals surface area (Å²) in [5.74, 6) is 2.34. The molecule has 2 aromatic carbocycles. The van der Waals surface area contributed by atoms with Gasteiger partial charge in [-0.3, -0.25) is 0 Å². The molecule has 9 nitrogen and oxygen atoms in total. The molecule has 0 bridgehead atoms. The van der Waals surface area contributed by atoms with E-state index in [1.54, 1.807) is 0 Å². The number of hydrogen-bond acceptors (Lipinski definition) is 8. The summed E-state index contributed by atoms with van der Waals surface area (Å²) in [4.78, 5) is 15.1.